The zero-order valence-electron chi connectivity index (χ0n) is 14.1. The van der Waals surface area contributed by atoms with E-state index in [1.54, 1.807) is 0 Å². The molecule has 2 N–H and O–H groups in total. The fourth-order valence-corrected chi connectivity index (χ4v) is 1.33. The molecule has 0 radical (unpaired) electrons. The van der Waals surface area contributed by atoms with Crippen molar-refractivity contribution in [3.8, 4) is 0 Å². The molecule has 0 aliphatic rings. The van der Waals surface area contributed by atoms with Crippen molar-refractivity contribution in [2.24, 2.45) is 18.7 Å². The Balaban J connectivity index is 0. The van der Waals surface area contributed by atoms with Crippen LogP contribution in [0.2, 0.25) is 0 Å². The van der Waals surface area contributed by atoms with Crippen LogP contribution in [0.3, 0.4) is 0 Å². The highest BCUT2D eigenvalue weighted by Gasteiger charge is 1.99. The summed E-state index contributed by atoms with van der Waals surface area (Å²) in [5, 5.41) is 0. The first-order valence-electron chi connectivity index (χ1n) is 7.63. The molecule has 0 fully saturated rings. The lowest BCUT2D eigenvalue weighted by Crippen LogP contribution is -2.25. The van der Waals surface area contributed by atoms with Gasteiger partial charge in [0.2, 0.25) is 0 Å². The largest absolute Gasteiger partial charge is 0.328 e. The van der Waals surface area contributed by atoms with Gasteiger partial charge in [0.1, 0.15) is 7.05 Å². The first-order valence-corrected chi connectivity index (χ1v) is 7.63. The molecular formula is C17H35N2+. The Labute approximate surface area is 121 Å². The molecule has 1 rings (SSSR count). The Bertz CT molecular complexity index is 257. The average Bonchev–Trinajstić information content (AvgIpc) is 2.42. The van der Waals surface area contributed by atoms with Crippen molar-refractivity contribution in [2.45, 2.75) is 66.8 Å². The molecule has 112 valence electrons. The quantitative estimate of drug-likeness (QED) is 0.821. The van der Waals surface area contributed by atoms with Crippen LogP contribution in [0.15, 0.2) is 24.5 Å². The summed E-state index contributed by atoms with van der Waals surface area (Å²) >= 11 is 0. The second-order valence-electron chi connectivity index (χ2n) is 5.11. The van der Waals surface area contributed by atoms with E-state index in [2.05, 4.69) is 39.8 Å². The van der Waals surface area contributed by atoms with E-state index in [9.17, 15) is 0 Å². The van der Waals surface area contributed by atoms with Crippen LogP contribution in [-0.2, 0) is 7.05 Å². The van der Waals surface area contributed by atoms with Crippen LogP contribution >= 0.6 is 0 Å². The lowest BCUT2D eigenvalue weighted by atomic mass is 10.0. The monoisotopic (exact) mass is 267 g/mol. The highest BCUT2D eigenvalue weighted by Crippen LogP contribution is 2.09. The average molecular weight is 267 g/mol. The van der Waals surface area contributed by atoms with E-state index in [4.69, 9.17) is 5.73 Å². The maximum absolute atomic E-state index is 5.60. The molecule has 0 aromatic carbocycles. The topological polar surface area (TPSA) is 29.9 Å². The summed E-state index contributed by atoms with van der Waals surface area (Å²) in [5.74, 6) is 0.857. The first-order chi connectivity index (χ1) is 8.95. The smallest absolute Gasteiger partial charge is 0.168 e. The lowest BCUT2D eigenvalue weighted by molar-refractivity contribution is -0.671. The van der Waals surface area contributed by atoms with Crippen LogP contribution in [-0.4, -0.2) is 6.04 Å². The number of hydrogen-bond acceptors (Lipinski definition) is 1. The van der Waals surface area contributed by atoms with Crippen molar-refractivity contribution < 1.29 is 4.57 Å². The highest BCUT2D eigenvalue weighted by molar-refractivity contribution is 5.02. The van der Waals surface area contributed by atoms with Gasteiger partial charge in [-0.2, -0.15) is 0 Å². The third kappa shape index (κ3) is 15.1. The van der Waals surface area contributed by atoms with Gasteiger partial charge in [0.05, 0.1) is 0 Å². The van der Waals surface area contributed by atoms with E-state index in [-0.39, 0.29) is 0 Å². The maximum Gasteiger partial charge on any atom is 0.168 e. The van der Waals surface area contributed by atoms with Crippen LogP contribution in [0, 0.1) is 12.8 Å². The van der Waals surface area contributed by atoms with E-state index >= 15 is 0 Å². The van der Waals surface area contributed by atoms with Gasteiger partial charge < -0.3 is 5.73 Å². The van der Waals surface area contributed by atoms with E-state index in [1.165, 1.54) is 24.8 Å². The molecule has 0 unspecified atom stereocenters. The number of aryl methyl sites for hydroxylation is 2. The minimum atomic E-state index is 0.388. The second kappa shape index (κ2) is 13.5. The van der Waals surface area contributed by atoms with Gasteiger partial charge in [-0.3, -0.25) is 0 Å². The predicted octanol–water partition coefficient (Wildman–Crippen LogP) is 4.01. The van der Waals surface area contributed by atoms with E-state index in [1.807, 2.05) is 37.9 Å². The summed E-state index contributed by atoms with van der Waals surface area (Å²) < 4.78 is 2.02. The predicted molar refractivity (Wildman–Crippen MR) is 86.0 cm³/mol. The summed E-state index contributed by atoms with van der Waals surface area (Å²) in [6.07, 6.45) is 7.82. The Hall–Kier alpha value is -0.890. The first kappa shape index (κ1) is 20.4. The van der Waals surface area contributed by atoms with E-state index < -0.39 is 0 Å². The van der Waals surface area contributed by atoms with Gasteiger partial charge in [0.15, 0.2) is 12.4 Å². The molecule has 0 amide bonds. The zero-order chi connectivity index (χ0) is 15.3. The van der Waals surface area contributed by atoms with Crippen molar-refractivity contribution >= 4 is 0 Å². The Kier molecular flexibility index (Phi) is 14.6. The van der Waals surface area contributed by atoms with E-state index in [0.717, 1.165) is 5.92 Å². The maximum atomic E-state index is 5.60. The number of nitrogens with two attached hydrogens (primary N) is 1. The molecule has 0 saturated heterocycles. The summed E-state index contributed by atoms with van der Waals surface area (Å²) in [4.78, 5) is 0. The van der Waals surface area contributed by atoms with Crippen LogP contribution in [0.4, 0.5) is 0 Å². The van der Waals surface area contributed by atoms with Crippen molar-refractivity contribution in [1.29, 1.82) is 0 Å². The van der Waals surface area contributed by atoms with Gasteiger partial charge in [-0.1, -0.05) is 34.1 Å². The third-order valence-corrected chi connectivity index (χ3v) is 2.96. The standard InChI is InChI=1S/C8H19N.C7H10N.C2H6/c1-4-7(2)5-6-8(3)9;1-7-3-5-8(2)6-4-7;1-2/h7-8H,4-6,9H2,1-3H3;3-6H,1-2H3;1-2H3/q;+1;/t7-,8+;;/m0../s1. The molecule has 2 atom stereocenters. The fraction of sp³-hybridized carbons (Fsp3) is 0.706. The third-order valence-electron chi connectivity index (χ3n) is 2.96. The minimum Gasteiger partial charge on any atom is -0.328 e. The molecule has 1 aromatic heterocycles. The molecule has 19 heavy (non-hydrogen) atoms. The normalized spacial score (nSPS) is 12.4. The lowest BCUT2D eigenvalue weighted by Gasteiger charge is -2.09. The number of aromatic nitrogens is 1. The molecular weight excluding hydrogens is 232 g/mol. The van der Waals surface area contributed by atoms with Gasteiger partial charge in [0.25, 0.3) is 0 Å². The van der Waals surface area contributed by atoms with Crippen molar-refractivity contribution in [1.82, 2.24) is 0 Å². The molecule has 0 bridgehead atoms. The number of rotatable bonds is 4. The van der Waals surface area contributed by atoms with Crippen molar-refractivity contribution in [3.05, 3.63) is 30.1 Å². The van der Waals surface area contributed by atoms with E-state index in [0.29, 0.717) is 6.04 Å². The molecule has 1 heterocycles. The number of nitrogens with zero attached hydrogens (tertiary/aromatic N) is 1. The summed E-state index contributed by atoms with van der Waals surface area (Å²) in [6.45, 7) is 12.7. The van der Waals surface area contributed by atoms with Crippen molar-refractivity contribution in [3.63, 3.8) is 0 Å². The van der Waals surface area contributed by atoms with Crippen LogP contribution in [0.25, 0.3) is 0 Å². The molecule has 2 heteroatoms. The Morgan fingerprint density at radius 1 is 1.11 bits per heavy atom. The molecule has 2 nitrogen and oxygen atoms in total. The Morgan fingerprint density at radius 2 is 1.58 bits per heavy atom. The zero-order valence-corrected chi connectivity index (χ0v) is 14.1. The van der Waals surface area contributed by atoms with Gasteiger partial charge in [-0.05, 0) is 38.2 Å². The fourth-order valence-electron chi connectivity index (χ4n) is 1.33. The minimum absolute atomic E-state index is 0.388. The number of hydrogen-bond donors (Lipinski definition) is 1. The summed E-state index contributed by atoms with van der Waals surface area (Å²) in [5.41, 5.74) is 6.90. The van der Waals surface area contributed by atoms with Gasteiger partial charge in [0, 0.05) is 18.2 Å². The highest BCUT2D eigenvalue weighted by atomic mass is 14.9. The second-order valence-corrected chi connectivity index (χ2v) is 5.11. The number of pyridine rings is 1. The molecule has 0 spiro atoms. The molecule has 0 aliphatic carbocycles. The van der Waals surface area contributed by atoms with Crippen LogP contribution in [0.1, 0.15) is 59.4 Å². The van der Waals surface area contributed by atoms with Crippen molar-refractivity contribution in [2.75, 3.05) is 0 Å². The Morgan fingerprint density at radius 3 is 1.89 bits per heavy atom. The van der Waals surface area contributed by atoms with Gasteiger partial charge in [-0.15, -0.1) is 0 Å². The van der Waals surface area contributed by atoms with Gasteiger partial charge in [-0.25, -0.2) is 4.57 Å². The van der Waals surface area contributed by atoms with Crippen LogP contribution in [0.5, 0.6) is 0 Å². The SMILES string of the molecule is CC.CC[C@H](C)CC[C@@H](C)N.Cc1cc[n+](C)cc1. The van der Waals surface area contributed by atoms with Crippen LogP contribution < -0.4 is 10.3 Å². The summed E-state index contributed by atoms with van der Waals surface area (Å²) in [7, 11) is 2.01. The molecule has 0 saturated carbocycles. The van der Waals surface area contributed by atoms with Gasteiger partial charge >= 0.3 is 0 Å². The molecule has 0 aliphatic heterocycles. The summed E-state index contributed by atoms with van der Waals surface area (Å²) in [6, 6.07) is 4.55. The molecule has 1 aromatic rings.